The van der Waals surface area contributed by atoms with Crippen LogP contribution < -0.4 is 5.32 Å². The summed E-state index contributed by atoms with van der Waals surface area (Å²) in [6.07, 6.45) is 8.16. The Bertz CT molecular complexity index is 340. The molecule has 5 nitrogen and oxygen atoms in total. The number of hydrogen-bond donors (Lipinski definition) is 2. The van der Waals surface area contributed by atoms with E-state index in [4.69, 9.17) is 9.84 Å². The standard InChI is InChI=1S/C15H26N2O3/c1-2-8-17(9-10-18)14(19)16-13-5-11-20-15(12-13)6-3-4-7-15/h2,13,18H,1,3-12H2,(H,16,19). The minimum atomic E-state index is -0.112. The lowest BCUT2D eigenvalue weighted by Gasteiger charge is -2.39. The summed E-state index contributed by atoms with van der Waals surface area (Å²) in [4.78, 5) is 13.8. The zero-order valence-corrected chi connectivity index (χ0v) is 12.1. The molecule has 1 saturated carbocycles. The van der Waals surface area contributed by atoms with E-state index in [9.17, 15) is 4.79 Å². The van der Waals surface area contributed by atoms with Crippen LogP contribution in [0.5, 0.6) is 0 Å². The molecule has 2 fully saturated rings. The van der Waals surface area contributed by atoms with Gasteiger partial charge in [-0.2, -0.15) is 0 Å². The SMILES string of the molecule is C=CCN(CCO)C(=O)NC1CCOC2(CCCC2)C1. The molecule has 20 heavy (non-hydrogen) atoms. The minimum absolute atomic E-state index is 0.0104. The molecule has 2 amide bonds. The van der Waals surface area contributed by atoms with E-state index in [1.54, 1.807) is 11.0 Å². The van der Waals surface area contributed by atoms with Crippen molar-refractivity contribution in [3.05, 3.63) is 12.7 Å². The largest absolute Gasteiger partial charge is 0.395 e. The van der Waals surface area contributed by atoms with Crippen LogP contribution in [0.1, 0.15) is 38.5 Å². The molecule has 1 spiro atoms. The molecule has 1 aliphatic carbocycles. The summed E-state index contributed by atoms with van der Waals surface area (Å²) < 4.78 is 5.97. The van der Waals surface area contributed by atoms with Gasteiger partial charge in [0.1, 0.15) is 0 Å². The second-order valence-electron chi connectivity index (χ2n) is 5.84. The van der Waals surface area contributed by atoms with Gasteiger partial charge in [-0.05, 0) is 25.7 Å². The van der Waals surface area contributed by atoms with Crippen LogP contribution in [-0.4, -0.2) is 54.0 Å². The number of carbonyl (C=O) groups excluding carboxylic acids is 1. The first-order chi connectivity index (χ1) is 9.69. The number of hydrogen-bond acceptors (Lipinski definition) is 3. The van der Waals surface area contributed by atoms with Crippen molar-refractivity contribution in [3.8, 4) is 0 Å². The summed E-state index contributed by atoms with van der Waals surface area (Å²) in [5.74, 6) is 0. The molecular weight excluding hydrogens is 256 g/mol. The summed E-state index contributed by atoms with van der Waals surface area (Å²) in [6.45, 7) is 5.14. The lowest BCUT2D eigenvalue weighted by Crippen LogP contribution is -2.51. The van der Waals surface area contributed by atoms with Gasteiger partial charge in [0.2, 0.25) is 0 Å². The molecule has 1 heterocycles. The molecule has 2 aliphatic rings. The number of carbonyl (C=O) groups is 1. The fourth-order valence-electron chi connectivity index (χ4n) is 3.34. The summed E-state index contributed by atoms with van der Waals surface area (Å²) in [7, 11) is 0. The van der Waals surface area contributed by atoms with Crippen molar-refractivity contribution < 1.29 is 14.6 Å². The maximum absolute atomic E-state index is 12.2. The molecule has 0 bridgehead atoms. The number of nitrogens with one attached hydrogen (secondary N) is 1. The van der Waals surface area contributed by atoms with Gasteiger partial charge >= 0.3 is 6.03 Å². The molecule has 1 aliphatic heterocycles. The van der Waals surface area contributed by atoms with E-state index in [1.165, 1.54) is 12.8 Å². The Morgan fingerprint density at radius 1 is 1.50 bits per heavy atom. The second kappa shape index (κ2) is 7.09. The predicted octanol–water partition coefficient (Wildman–Crippen LogP) is 1.67. The van der Waals surface area contributed by atoms with Crippen LogP contribution >= 0.6 is 0 Å². The Labute approximate surface area is 121 Å². The fraction of sp³-hybridized carbons (Fsp3) is 0.800. The zero-order chi connectivity index (χ0) is 14.4. The van der Waals surface area contributed by atoms with Crippen molar-refractivity contribution in [2.75, 3.05) is 26.3 Å². The molecule has 2 N–H and O–H groups in total. The summed E-state index contributed by atoms with van der Waals surface area (Å²) in [5.41, 5.74) is 0.0104. The van der Waals surface area contributed by atoms with Gasteiger partial charge in [-0.15, -0.1) is 6.58 Å². The van der Waals surface area contributed by atoms with E-state index in [1.807, 2.05) is 0 Å². The van der Waals surface area contributed by atoms with E-state index in [0.29, 0.717) is 13.1 Å². The Morgan fingerprint density at radius 3 is 2.90 bits per heavy atom. The Morgan fingerprint density at radius 2 is 2.25 bits per heavy atom. The van der Waals surface area contributed by atoms with Crippen LogP contribution in [0.2, 0.25) is 0 Å². The van der Waals surface area contributed by atoms with E-state index >= 15 is 0 Å². The van der Waals surface area contributed by atoms with Crippen LogP contribution in [0.25, 0.3) is 0 Å². The van der Waals surface area contributed by atoms with Crippen LogP contribution in [0, 0.1) is 0 Å². The van der Waals surface area contributed by atoms with Gasteiger partial charge in [-0.25, -0.2) is 4.79 Å². The van der Waals surface area contributed by atoms with Crippen LogP contribution in [0.15, 0.2) is 12.7 Å². The number of aliphatic hydroxyl groups is 1. The van der Waals surface area contributed by atoms with Crippen molar-refractivity contribution in [1.82, 2.24) is 10.2 Å². The number of rotatable bonds is 5. The minimum Gasteiger partial charge on any atom is -0.395 e. The van der Waals surface area contributed by atoms with Gasteiger partial charge in [-0.3, -0.25) is 0 Å². The molecule has 0 radical (unpaired) electrons. The molecule has 1 unspecified atom stereocenters. The number of amides is 2. The second-order valence-corrected chi connectivity index (χ2v) is 5.84. The lowest BCUT2D eigenvalue weighted by molar-refractivity contribution is -0.0823. The highest BCUT2D eigenvalue weighted by Gasteiger charge is 2.40. The molecule has 1 atom stereocenters. The predicted molar refractivity (Wildman–Crippen MR) is 77.6 cm³/mol. The van der Waals surface area contributed by atoms with E-state index < -0.39 is 0 Å². The number of ether oxygens (including phenoxy) is 1. The average Bonchev–Trinajstić information content (AvgIpc) is 2.86. The van der Waals surface area contributed by atoms with Crippen LogP contribution in [0.4, 0.5) is 4.79 Å². The molecule has 114 valence electrons. The quantitative estimate of drug-likeness (QED) is 0.754. The Kier molecular flexibility index (Phi) is 5.43. The average molecular weight is 282 g/mol. The van der Waals surface area contributed by atoms with Crippen LogP contribution in [-0.2, 0) is 4.74 Å². The Balaban J connectivity index is 1.87. The van der Waals surface area contributed by atoms with Crippen molar-refractivity contribution in [1.29, 1.82) is 0 Å². The van der Waals surface area contributed by atoms with Gasteiger partial charge in [0.05, 0.1) is 12.2 Å². The summed E-state index contributed by atoms with van der Waals surface area (Å²) in [5, 5.41) is 12.1. The monoisotopic (exact) mass is 282 g/mol. The zero-order valence-electron chi connectivity index (χ0n) is 12.1. The van der Waals surface area contributed by atoms with Gasteiger partial charge in [0.25, 0.3) is 0 Å². The van der Waals surface area contributed by atoms with E-state index in [-0.39, 0.29) is 24.3 Å². The highest BCUT2D eigenvalue weighted by Crippen LogP contribution is 2.39. The van der Waals surface area contributed by atoms with Gasteiger partial charge in [0.15, 0.2) is 0 Å². The first-order valence-corrected chi connectivity index (χ1v) is 7.60. The van der Waals surface area contributed by atoms with Crippen molar-refractivity contribution in [2.45, 2.75) is 50.2 Å². The molecule has 2 rings (SSSR count). The molecule has 1 saturated heterocycles. The van der Waals surface area contributed by atoms with Crippen molar-refractivity contribution >= 4 is 6.03 Å². The fourth-order valence-corrected chi connectivity index (χ4v) is 3.34. The first-order valence-electron chi connectivity index (χ1n) is 7.60. The third-order valence-electron chi connectivity index (χ3n) is 4.34. The number of urea groups is 1. The molecule has 5 heteroatoms. The third-order valence-corrected chi connectivity index (χ3v) is 4.34. The first kappa shape index (κ1) is 15.3. The third kappa shape index (κ3) is 3.73. The molecule has 0 aromatic heterocycles. The topological polar surface area (TPSA) is 61.8 Å². The highest BCUT2D eigenvalue weighted by atomic mass is 16.5. The molecular formula is C15H26N2O3. The van der Waals surface area contributed by atoms with Gasteiger partial charge < -0.3 is 20.1 Å². The smallest absolute Gasteiger partial charge is 0.317 e. The molecule has 0 aromatic rings. The van der Waals surface area contributed by atoms with Crippen molar-refractivity contribution in [3.63, 3.8) is 0 Å². The summed E-state index contributed by atoms with van der Waals surface area (Å²) >= 11 is 0. The van der Waals surface area contributed by atoms with Crippen LogP contribution in [0.3, 0.4) is 0 Å². The van der Waals surface area contributed by atoms with Gasteiger partial charge in [0, 0.05) is 25.7 Å². The summed E-state index contributed by atoms with van der Waals surface area (Å²) in [6, 6.07) is 0.0688. The number of aliphatic hydroxyl groups excluding tert-OH is 1. The highest BCUT2D eigenvalue weighted by molar-refractivity contribution is 5.74. The van der Waals surface area contributed by atoms with Gasteiger partial charge in [-0.1, -0.05) is 18.9 Å². The van der Waals surface area contributed by atoms with E-state index in [0.717, 1.165) is 32.3 Å². The maximum Gasteiger partial charge on any atom is 0.317 e. The van der Waals surface area contributed by atoms with E-state index in [2.05, 4.69) is 11.9 Å². The maximum atomic E-state index is 12.2. The lowest BCUT2D eigenvalue weighted by atomic mass is 9.89. The molecule has 0 aromatic carbocycles. The number of nitrogens with zero attached hydrogens (tertiary/aromatic N) is 1. The van der Waals surface area contributed by atoms with Crippen molar-refractivity contribution in [2.24, 2.45) is 0 Å². The Hall–Kier alpha value is -1.07. The normalized spacial score (nSPS) is 24.6.